The Kier molecular flexibility index (Phi) is 3.34. The van der Waals surface area contributed by atoms with Gasteiger partial charge in [0.05, 0.1) is 5.84 Å². The number of hydrogen-bond donors (Lipinski definition) is 1. The second kappa shape index (κ2) is 4.12. The average molecular weight is 182 g/mol. The van der Waals surface area contributed by atoms with Gasteiger partial charge < -0.3 is 4.90 Å². The fraction of sp³-hybridized carbons (Fsp3) is 0.909. The molecule has 0 unspecified atom stereocenters. The summed E-state index contributed by atoms with van der Waals surface area (Å²) in [6.07, 6.45) is 4.66. The zero-order chi connectivity index (χ0) is 9.90. The number of likely N-dealkylation sites (tertiary alicyclic amines) is 1. The van der Waals surface area contributed by atoms with Crippen molar-refractivity contribution in [2.24, 2.45) is 5.41 Å². The SMILES string of the molecule is CCC(=N)N1CCCC(C)(C)CC1. The van der Waals surface area contributed by atoms with E-state index in [1.54, 1.807) is 0 Å². The minimum atomic E-state index is 0.489. The zero-order valence-electron chi connectivity index (χ0n) is 9.19. The van der Waals surface area contributed by atoms with Crippen molar-refractivity contribution in [2.75, 3.05) is 13.1 Å². The molecule has 1 heterocycles. The van der Waals surface area contributed by atoms with Crippen LogP contribution >= 0.6 is 0 Å². The van der Waals surface area contributed by atoms with Gasteiger partial charge in [0.15, 0.2) is 0 Å². The topological polar surface area (TPSA) is 27.1 Å². The number of rotatable bonds is 1. The van der Waals surface area contributed by atoms with Gasteiger partial charge in [-0.3, -0.25) is 5.41 Å². The van der Waals surface area contributed by atoms with E-state index in [0.29, 0.717) is 5.41 Å². The fourth-order valence-electron chi connectivity index (χ4n) is 1.92. The van der Waals surface area contributed by atoms with Gasteiger partial charge in [-0.05, 0) is 24.7 Å². The highest BCUT2D eigenvalue weighted by atomic mass is 15.2. The lowest BCUT2D eigenvalue weighted by atomic mass is 9.85. The molecule has 2 nitrogen and oxygen atoms in total. The largest absolute Gasteiger partial charge is 0.361 e. The van der Waals surface area contributed by atoms with Gasteiger partial charge in [-0.25, -0.2) is 0 Å². The van der Waals surface area contributed by atoms with Gasteiger partial charge in [0, 0.05) is 19.5 Å². The Morgan fingerprint density at radius 2 is 2.00 bits per heavy atom. The van der Waals surface area contributed by atoms with E-state index in [1.165, 1.54) is 19.3 Å². The molecule has 76 valence electrons. The molecule has 0 bridgehead atoms. The summed E-state index contributed by atoms with van der Waals surface area (Å²) in [4.78, 5) is 2.24. The Balaban J connectivity index is 2.49. The van der Waals surface area contributed by atoms with Crippen LogP contribution < -0.4 is 0 Å². The quantitative estimate of drug-likeness (QED) is 0.490. The normalized spacial score (nSPS) is 22.5. The first-order chi connectivity index (χ1) is 6.05. The summed E-state index contributed by atoms with van der Waals surface area (Å²) in [5.74, 6) is 0.817. The van der Waals surface area contributed by atoms with Crippen LogP contribution in [-0.4, -0.2) is 23.8 Å². The van der Waals surface area contributed by atoms with Gasteiger partial charge in [-0.15, -0.1) is 0 Å². The molecule has 2 heteroatoms. The van der Waals surface area contributed by atoms with Crippen LogP contribution in [0.5, 0.6) is 0 Å². The van der Waals surface area contributed by atoms with E-state index in [-0.39, 0.29) is 0 Å². The summed E-state index contributed by atoms with van der Waals surface area (Å²) < 4.78 is 0. The predicted molar refractivity (Wildman–Crippen MR) is 57.2 cm³/mol. The van der Waals surface area contributed by atoms with E-state index in [4.69, 9.17) is 5.41 Å². The highest BCUT2D eigenvalue weighted by Gasteiger charge is 2.23. The fourth-order valence-corrected chi connectivity index (χ4v) is 1.92. The van der Waals surface area contributed by atoms with Gasteiger partial charge in [0.1, 0.15) is 0 Å². The monoisotopic (exact) mass is 182 g/mol. The first kappa shape index (κ1) is 10.6. The first-order valence-electron chi connectivity index (χ1n) is 5.37. The molecule has 0 aromatic heterocycles. The molecule has 0 saturated carbocycles. The summed E-state index contributed by atoms with van der Waals surface area (Å²) in [7, 11) is 0. The Morgan fingerprint density at radius 3 is 2.62 bits per heavy atom. The van der Waals surface area contributed by atoms with Crippen molar-refractivity contribution < 1.29 is 0 Å². The highest BCUT2D eigenvalue weighted by molar-refractivity contribution is 5.78. The van der Waals surface area contributed by atoms with Crippen molar-refractivity contribution >= 4 is 5.84 Å². The third-order valence-electron chi connectivity index (χ3n) is 3.06. The maximum absolute atomic E-state index is 7.78. The van der Waals surface area contributed by atoms with E-state index >= 15 is 0 Å². The number of nitrogens with zero attached hydrogens (tertiary/aromatic N) is 1. The summed E-state index contributed by atoms with van der Waals surface area (Å²) in [6.45, 7) is 8.92. The molecule has 13 heavy (non-hydrogen) atoms. The molecular weight excluding hydrogens is 160 g/mol. The van der Waals surface area contributed by atoms with Crippen LogP contribution in [0, 0.1) is 10.8 Å². The van der Waals surface area contributed by atoms with E-state index in [9.17, 15) is 0 Å². The van der Waals surface area contributed by atoms with Gasteiger partial charge >= 0.3 is 0 Å². The van der Waals surface area contributed by atoms with Crippen LogP contribution in [0.3, 0.4) is 0 Å². The van der Waals surface area contributed by atoms with Crippen LogP contribution in [0.4, 0.5) is 0 Å². The van der Waals surface area contributed by atoms with Crippen molar-refractivity contribution in [1.29, 1.82) is 5.41 Å². The van der Waals surface area contributed by atoms with Crippen LogP contribution in [0.15, 0.2) is 0 Å². The van der Waals surface area contributed by atoms with Crippen molar-refractivity contribution in [3.05, 3.63) is 0 Å². The minimum Gasteiger partial charge on any atom is -0.361 e. The Morgan fingerprint density at radius 1 is 1.31 bits per heavy atom. The smallest absolute Gasteiger partial charge is 0.0954 e. The lowest BCUT2D eigenvalue weighted by molar-refractivity contribution is 0.312. The third-order valence-corrected chi connectivity index (χ3v) is 3.06. The van der Waals surface area contributed by atoms with E-state index in [2.05, 4.69) is 25.7 Å². The molecule has 0 radical (unpaired) electrons. The molecule has 0 aromatic carbocycles. The molecule has 0 spiro atoms. The van der Waals surface area contributed by atoms with Gasteiger partial charge in [-0.1, -0.05) is 20.8 Å². The third kappa shape index (κ3) is 3.02. The Labute approximate surface area is 81.8 Å². The van der Waals surface area contributed by atoms with Crippen molar-refractivity contribution in [2.45, 2.75) is 46.5 Å². The van der Waals surface area contributed by atoms with Crippen LogP contribution in [0.2, 0.25) is 0 Å². The Bertz CT molecular complexity index is 185. The van der Waals surface area contributed by atoms with Crippen LogP contribution in [0.25, 0.3) is 0 Å². The number of hydrogen-bond acceptors (Lipinski definition) is 1. The molecule has 0 amide bonds. The maximum Gasteiger partial charge on any atom is 0.0954 e. The van der Waals surface area contributed by atoms with E-state index in [1.807, 2.05) is 0 Å². The molecule has 1 saturated heterocycles. The van der Waals surface area contributed by atoms with E-state index < -0.39 is 0 Å². The summed E-state index contributed by atoms with van der Waals surface area (Å²) in [6, 6.07) is 0. The summed E-state index contributed by atoms with van der Waals surface area (Å²) in [5, 5.41) is 7.78. The van der Waals surface area contributed by atoms with Crippen molar-refractivity contribution in [3.8, 4) is 0 Å². The number of nitrogens with one attached hydrogen (secondary N) is 1. The first-order valence-corrected chi connectivity index (χ1v) is 5.37. The lowest BCUT2D eigenvalue weighted by Crippen LogP contribution is -2.31. The number of amidine groups is 1. The van der Waals surface area contributed by atoms with Crippen LogP contribution in [-0.2, 0) is 0 Å². The highest BCUT2D eigenvalue weighted by Crippen LogP contribution is 2.29. The maximum atomic E-state index is 7.78. The standard InChI is InChI=1S/C11H22N2/c1-4-10(12)13-8-5-6-11(2,3)7-9-13/h12H,4-9H2,1-3H3. The lowest BCUT2D eigenvalue weighted by Gasteiger charge is -2.24. The van der Waals surface area contributed by atoms with Crippen molar-refractivity contribution in [1.82, 2.24) is 4.90 Å². The summed E-state index contributed by atoms with van der Waals surface area (Å²) >= 11 is 0. The average Bonchev–Trinajstić information content (AvgIpc) is 2.25. The molecule has 1 aliphatic heterocycles. The second-order valence-electron chi connectivity index (χ2n) is 4.81. The molecule has 0 atom stereocenters. The van der Waals surface area contributed by atoms with Gasteiger partial charge in [0.2, 0.25) is 0 Å². The molecule has 0 aromatic rings. The molecule has 1 N–H and O–H groups in total. The summed E-state index contributed by atoms with van der Waals surface area (Å²) in [5.41, 5.74) is 0.489. The Hall–Kier alpha value is -0.530. The van der Waals surface area contributed by atoms with Crippen LogP contribution in [0.1, 0.15) is 46.5 Å². The molecule has 1 aliphatic rings. The van der Waals surface area contributed by atoms with Gasteiger partial charge in [0.25, 0.3) is 0 Å². The van der Waals surface area contributed by atoms with Crippen molar-refractivity contribution in [3.63, 3.8) is 0 Å². The second-order valence-corrected chi connectivity index (χ2v) is 4.81. The zero-order valence-corrected chi connectivity index (χ0v) is 9.19. The molecule has 1 rings (SSSR count). The molecule has 0 aliphatic carbocycles. The predicted octanol–water partition coefficient (Wildman–Crippen LogP) is 2.89. The minimum absolute atomic E-state index is 0.489. The molecule has 1 fully saturated rings. The van der Waals surface area contributed by atoms with Gasteiger partial charge in [-0.2, -0.15) is 0 Å². The van der Waals surface area contributed by atoms with E-state index in [0.717, 1.165) is 25.3 Å². The molecular formula is C11H22N2.